The van der Waals surface area contributed by atoms with Crippen LogP contribution in [0.15, 0.2) is 18.2 Å². The molecule has 0 atom stereocenters. The standard InChI is InChI=1S/C22H33FN2O3/c1-22(2,3)28-21(26)25-10-8-16(9-11-25)13-24-14-18-6-7-19(23)12-20(18)27-15-17-4-5-17/h6-7,12,16-17,24H,4-5,8-11,13-15H2,1-3H3. The molecule has 1 aliphatic heterocycles. The molecule has 1 aliphatic carbocycles. The van der Waals surface area contributed by atoms with Crippen LogP contribution in [0.3, 0.4) is 0 Å². The summed E-state index contributed by atoms with van der Waals surface area (Å²) in [6.45, 7) is 9.34. The quantitative estimate of drug-likeness (QED) is 0.749. The van der Waals surface area contributed by atoms with Crippen LogP contribution in [0, 0.1) is 17.7 Å². The van der Waals surface area contributed by atoms with Crippen molar-refractivity contribution in [3.8, 4) is 5.75 Å². The minimum Gasteiger partial charge on any atom is -0.493 e. The molecular weight excluding hydrogens is 359 g/mol. The van der Waals surface area contributed by atoms with Crippen LogP contribution in [0.5, 0.6) is 5.75 Å². The summed E-state index contributed by atoms with van der Waals surface area (Å²) >= 11 is 0. The topological polar surface area (TPSA) is 50.8 Å². The Labute approximate surface area is 167 Å². The van der Waals surface area contributed by atoms with Crippen LogP contribution in [-0.2, 0) is 11.3 Å². The molecule has 156 valence electrons. The second kappa shape index (κ2) is 9.12. The van der Waals surface area contributed by atoms with E-state index < -0.39 is 5.60 Å². The Morgan fingerprint density at radius 2 is 1.89 bits per heavy atom. The number of nitrogens with one attached hydrogen (secondary N) is 1. The predicted octanol–water partition coefficient (Wildman–Crippen LogP) is 4.35. The lowest BCUT2D eigenvalue weighted by Crippen LogP contribution is -2.43. The number of ether oxygens (including phenoxy) is 2. The number of carbonyl (C=O) groups excluding carboxylic acids is 1. The van der Waals surface area contributed by atoms with E-state index in [1.54, 1.807) is 11.0 Å². The average molecular weight is 393 g/mol. The number of carbonyl (C=O) groups is 1. The number of likely N-dealkylation sites (tertiary alicyclic amines) is 1. The van der Waals surface area contributed by atoms with Gasteiger partial charge in [0.2, 0.25) is 0 Å². The maximum absolute atomic E-state index is 13.6. The summed E-state index contributed by atoms with van der Waals surface area (Å²) in [7, 11) is 0. The van der Waals surface area contributed by atoms with Crippen molar-refractivity contribution in [1.29, 1.82) is 0 Å². The molecule has 1 amide bonds. The third-order valence-electron chi connectivity index (χ3n) is 5.22. The van der Waals surface area contributed by atoms with Gasteiger partial charge in [-0.05, 0) is 70.9 Å². The van der Waals surface area contributed by atoms with E-state index >= 15 is 0 Å². The van der Waals surface area contributed by atoms with Crippen LogP contribution in [-0.4, -0.2) is 42.8 Å². The number of piperidine rings is 1. The molecule has 2 fully saturated rings. The first-order valence-electron chi connectivity index (χ1n) is 10.4. The summed E-state index contributed by atoms with van der Waals surface area (Å²) in [6.07, 6.45) is 4.12. The first kappa shape index (κ1) is 20.9. The summed E-state index contributed by atoms with van der Waals surface area (Å²) in [5.74, 6) is 1.55. The molecule has 1 N–H and O–H groups in total. The minimum atomic E-state index is -0.454. The number of hydrogen-bond acceptors (Lipinski definition) is 4. The number of hydrogen-bond donors (Lipinski definition) is 1. The first-order valence-corrected chi connectivity index (χ1v) is 10.4. The fraction of sp³-hybridized carbons (Fsp3) is 0.682. The van der Waals surface area contributed by atoms with E-state index in [2.05, 4.69) is 5.32 Å². The van der Waals surface area contributed by atoms with Crippen molar-refractivity contribution in [3.63, 3.8) is 0 Å². The second-order valence-corrected chi connectivity index (χ2v) is 9.05. The van der Waals surface area contributed by atoms with Gasteiger partial charge in [0.1, 0.15) is 17.2 Å². The smallest absolute Gasteiger partial charge is 0.410 e. The van der Waals surface area contributed by atoms with Gasteiger partial charge in [-0.25, -0.2) is 9.18 Å². The highest BCUT2D eigenvalue weighted by atomic mass is 19.1. The largest absolute Gasteiger partial charge is 0.493 e. The summed E-state index contributed by atoms with van der Waals surface area (Å²) < 4.78 is 24.8. The van der Waals surface area contributed by atoms with Crippen molar-refractivity contribution in [2.45, 2.75) is 58.6 Å². The van der Waals surface area contributed by atoms with Crippen LogP contribution >= 0.6 is 0 Å². The van der Waals surface area contributed by atoms with Gasteiger partial charge in [0.05, 0.1) is 6.61 Å². The Balaban J connectivity index is 1.40. The Morgan fingerprint density at radius 1 is 1.18 bits per heavy atom. The fourth-order valence-electron chi connectivity index (χ4n) is 3.36. The van der Waals surface area contributed by atoms with Gasteiger partial charge >= 0.3 is 6.09 Å². The molecule has 1 saturated carbocycles. The monoisotopic (exact) mass is 392 g/mol. The normalized spacial score (nSPS) is 18.2. The van der Waals surface area contributed by atoms with Gasteiger partial charge in [-0.2, -0.15) is 0 Å². The van der Waals surface area contributed by atoms with E-state index in [9.17, 15) is 9.18 Å². The molecule has 1 aromatic carbocycles. The highest BCUT2D eigenvalue weighted by molar-refractivity contribution is 5.68. The summed E-state index contributed by atoms with van der Waals surface area (Å²) in [5, 5.41) is 3.48. The van der Waals surface area contributed by atoms with E-state index in [1.807, 2.05) is 20.8 Å². The molecule has 6 heteroatoms. The molecule has 1 saturated heterocycles. The van der Waals surface area contributed by atoms with Gasteiger partial charge < -0.3 is 19.7 Å². The van der Waals surface area contributed by atoms with Crippen LogP contribution in [0.1, 0.15) is 52.0 Å². The molecule has 0 unspecified atom stereocenters. The van der Waals surface area contributed by atoms with Gasteiger partial charge in [0.15, 0.2) is 0 Å². The maximum atomic E-state index is 13.6. The molecule has 2 aliphatic rings. The van der Waals surface area contributed by atoms with Crippen molar-refractivity contribution in [3.05, 3.63) is 29.6 Å². The van der Waals surface area contributed by atoms with Crippen molar-refractivity contribution < 1.29 is 18.7 Å². The molecule has 0 bridgehead atoms. The van der Waals surface area contributed by atoms with E-state index in [-0.39, 0.29) is 11.9 Å². The molecule has 1 aromatic rings. The lowest BCUT2D eigenvalue weighted by molar-refractivity contribution is 0.0184. The number of amides is 1. The average Bonchev–Trinajstić information content (AvgIpc) is 3.45. The third kappa shape index (κ3) is 6.66. The van der Waals surface area contributed by atoms with Crippen LogP contribution in [0.25, 0.3) is 0 Å². The highest BCUT2D eigenvalue weighted by Gasteiger charge is 2.27. The van der Waals surface area contributed by atoms with Gasteiger partial charge in [-0.1, -0.05) is 6.07 Å². The first-order chi connectivity index (χ1) is 13.3. The van der Waals surface area contributed by atoms with Gasteiger partial charge in [0.25, 0.3) is 0 Å². The van der Waals surface area contributed by atoms with Crippen LogP contribution < -0.4 is 10.1 Å². The fourth-order valence-corrected chi connectivity index (χ4v) is 3.36. The Bertz CT molecular complexity index is 662. The summed E-state index contributed by atoms with van der Waals surface area (Å²) in [4.78, 5) is 13.9. The third-order valence-corrected chi connectivity index (χ3v) is 5.22. The number of benzene rings is 1. The SMILES string of the molecule is CC(C)(C)OC(=O)N1CCC(CNCc2ccc(F)cc2OCC2CC2)CC1. The van der Waals surface area contributed by atoms with Crippen molar-refractivity contribution in [1.82, 2.24) is 10.2 Å². The maximum Gasteiger partial charge on any atom is 0.410 e. The Morgan fingerprint density at radius 3 is 2.54 bits per heavy atom. The minimum absolute atomic E-state index is 0.220. The van der Waals surface area contributed by atoms with Gasteiger partial charge in [-0.3, -0.25) is 0 Å². The number of halogens is 1. The van der Waals surface area contributed by atoms with E-state index in [0.717, 1.165) is 38.0 Å². The van der Waals surface area contributed by atoms with Crippen LogP contribution in [0.4, 0.5) is 9.18 Å². The van der Waals surface area contributed by atoms with Crippen molar-refractivity contribution in [2.75, 3.05) is 26.2 Å². The lowest BCUT2D eigenvalue weighted by Gasteiger charge is -2.33. The molecule has 1 heterocycles. The zero-order valence-electron chi connectivity index (χ0n) is 17.3. The van der Waals surface area contributed by atoms with Crippen LogP contribution in [0.2, 0.25) is 0 Å². The summed E-state index contributed by atoms with van der Waals surface area (Å²) in [5.41, 5.74) is 0.539. The second-order valence-electron chi connectivity index (χ2n) is 9.05. The van der Waals surface area contributed by atoms with Crippen molar-refractivity contribution in [2.24, 2.45) is 11.8 Å². The van der Waals surface area contributed by atoms with Gasteiger partial charge in [-0.15, -0.1) is 0 Å². The molecule has 0 radical (unpaired) electrons. The molecule has 3 rings (SSSR count). The number of nitrogens with zero attached hydrogens (tertiary/aromatic N) is 1. The molecular formula is C22H33FN2O3. The summed E-state index contributed by atoms with van der Waals surface area (Å²) in [6, 6.07) is 4.77. The van der Waals surface area contributed by atoms with Gasteiger partial charge in [0, 0.05) is 31.3 Å². The molecule has 28 heavy (non-hydrogen) atoms. The van der Waals surface area contributed by atoms with E-state index in [4.69, 9.17) is 9.47 Å². The zero-order valence-corrected chi connectivity index (χ0v) is 17.3. The molecule has 5 nitrogen and oxygen atoms in total. The Kier molecular flexibility index (Phi) is 6.81. The highest BCUT2D eigenvalue weighted by Crippen LogP contribution is 2.30. The van der Waals surface area contributed by atoms with Crippen molar-refractivity contribution >= 4 is 6.09 Å². The zero-order chi connectivity index (χ0) is 20.1. The lowest BCUT2D eigenvalue weighted by atomic mass is 9.97. The number of rotatable bonds is 7. The molecule has 0 spiro atoms. The van der Waals surface area contributed by atoms with E-state index in [1.165, 1.54) is 25.0 Å². The Hall–Kier alpha value is -1.82. The predicted molar refractivity (Wildman–Crippen MR) is 107 cm³/mol. The van der Waals surface area contributed by atoms with E-state index in [0.29, 0.717) is 30.7 Å². The molecule has 0 aromatic heterocycles.